The third-order valence-corrected chi connectivity index (χ3v) is 7.23. The van der Waals surface area contributed by atoms with Crippen LogP contribution in [-0.2, 0) is 11.2 Å². The van der Waals surface area contributed by atoms with Crippen molar-refractivity contribution in [3.63, 3.8) is 0 Å². The molecule has 7 heteroatoms. The highest BCUT2D eigenvalue weighted by Crippen LogP contribution is 2.21. The van der Waals surface area contributed by atoms with E-state index in [2.05, 4.69) is 34.4 Å². The van der Waals surface area contributed by atoms with Crippen molar-refractivity contribution in [2.75, 3.05) is 26.2 Å². The summed E-state index contributed by atoms with van der Waals surface area (Å²) in [5.74, 6) is 1.12. The lowest BCUT2D eigenvalue weighted by atomic mass is 9.92. The average molecular weight is 467 g/mol. The second-order valence-corrected chi connectivity index (χ2v) is 10.4. The molecule has 3 unspecified atom stereocenters. The van der Waals surface area contributed by atoms with Gasteiger partial charge in [-0.15, -0.1) is 11.3 Å². The van der Waals surface area contributed by atoms with Crippen LogP contribution >= 0.6 is 11.3 Å². The van der Waals surface area contributed by atoms with Crippen molar-refractivity contribution in [2.45, 2.75) is 39.2 Å². The van der Waals surface area contributed by atoms with E-state index in [1.54, 1.807) is 6.07 Å². The Bertz CT molecular complexity index is 1050. The highest BCUT2D eigenvalue weighted by molar-refractivity contribution is 7.12. The molecule has 1 aliphatic rings. The quantitative estimate of drug-likeness (QED) is 0.416. The molecule has 176 valence electrons. The first-order valence-corrected chi connectivity index (χ1v) is 12.8. The highest BCUT2D eigenvalue weighted by atomic mass is 32.1. The lowest BCUT2D eigenvalue weighted by Crippen LogP contribution is -2.48. The topological polar surface area (TPSA) is 77.2 Å². The first kappa shape index (κ1) is 23.5. The van der Waals surface area contributed by atoms with E-state index >= 15 is 0 Å². The molecule has 3 N–H and O–H groups in total. The van der Waals surface area contributed by atoms with Gasteiger partial charge < -0.3 is 20.5 Å². The Labute approximate surface area is 199 Å². The smallest absolute Gasteiger partial charge is 0.262 e. The molecule has 33 heavy (non-hydrogen) atoms. The van der Waals surface area contributed by atoms with E-state index in [0.29, 0.717) is 17.8 Å². The second-order valence-electron chi connectivity index (χ2n) is 9.42. The van der Waals surface area contributed by atoms with E-state index < -0.39 is 6.04 Å². The number of likely N-dealkylation sites (tertiary alicyclic amines) is 1. The van der Waals surface area contributed by atoms with Gasteiger partial charge in [-0.25, -0.2) is 0 Å². The van der Waals surface area contributed by atoms with Crippen molar-refractivity contribution in [3.05, 3.63) is 58.4 Å². The van der Waals surface area contributed by atoms with Crippen molar-refractivity contribution >= 4 is 34.1 Å². The van der Waals surface area contributed by atoms with E-state index in [9.17, 15) is 9.59 Å². The molecule has 2 aromatic heterocycles. The normalized spacial score (nSPS) is 19.9. The van der Waals surface area contributed by atoms with Gasteiger partial charge in [0.25, 0.3) is 5.91 Å². The number of piperidine rings is 1. The van der Waals surface area contributed by atoms with Crippen LogP contribution in [0, 0.1) is 11.8 Å². The average Bonchev–Trinajstić information content (AvgIpc) is 3.46. The summed E-state index contributed by atoms with van der Waals surface area (Å²) in [6.45, 7) is 8.50. The zero-order chi connectivity index (χ0) is 23.2. The number of nitrogens with zero attached hydrogens (tertiary/aromatic N) is 1. The van der Waals surface area contributed by atoms with Crippen LogP contribution in [0.3, 0.4) is 0 Å². The number of amides is 2. The second kappa shape index (κ2) is 11.0. The van der Waals surface area contributed by atoms with Crippen molar-refractivity contribution in [1.82, 2.24) is 20.5 Å². The SMILES string of the molecule is CC1CC(C)CN(CCCNC(=O)C(Cc2c[nH]c3ccccc23)NC(=O)c2cccs2)C1. The Morgan fingerprint density at radius 1 is 1.15 bits per heavy atom. The number of aromatic amines is 1. The Balaban J connectivity index is 1.37. The molecule has 6 nitrogen and oxygen atoms in total. The minimum absolute atomic E-state index is 0.134. The molecule has 4 rings (SSSR count). The number of hydrogen-bond acceptors (Lipinski definition) is 4. The Kier molecular flexibility index (Phi) is 7.83. The van der Waals surface area contributed by atoms with Crippen LogP contribution in [0.1, 0.15) is 41.9 Å². The van der Waals surface area contributed by atoms with Gasteiger partial charge in [-0.1, -0.05) is 38.1 Å². The van der Waals surface area contributed by atoms with Gasteiger partial charge in [0.15, 0.2) is 0 Å². The van der Waals surface area contributed by atoms with Gasteiger partial charge in [-0.2, -0.15) is 0 Å². The lowest BCUT2D eigenvalue weighted by molar-refractivity contribution is -0.122. The molecule has 0 spiro atoms. The van der Waals surface area contributed by atoms with Gasteiger partial charge in [0, 0.05) is 43.2 Å². The summed E-state index contributed by atoms with van der Waals surface area (Å²) >= 11 is 1.38. The third kappa shape index (κ3) is 6.24. The molecule has 0 aliphatic carbocycles. The van der Waals surface area contributed by atoms with Gasteiger partial charge in [0.1, 0.15) is 6.04 Å². The minimum Gasteiger partial charge on any atom is -0.361 e. The number of benzene rings is 1. The zero-order valence-corrected chi connectivity index (χ0v) is 20.3. The van der Waals surface area contributed by atoms with Gasteiger partial charge in [-0.05, 0) is 54.3 Å². The molecular weight excluding hydrogens is 432 g/mol. The maximum atomic E-state index is 13.1. The zero-order valence-electron chi connectivity index (χ0n) is 19.5. The van der Waals surface area contributed by atoms with Crippen molar-refractivity contribution in [1.29, 1.82) is 0 Å². The van der Waals surface area contributed by atoms with E-state index in [1.807, 2.05) is 41.9 Å². The predicted octanol–water partition coefficient (Wildman–Crippen LogP) is 4.05. The van der Waals surface area contributed by atoms with E-state index in [-0.39, 0.29) is 11.8 Å². The number of fused-ring (bicyclic) bond motifs is 1. The van der Waals surface area contributed by atoms with Gasteiger partial charge in [-0.3, -0.25) is 9.59 Å². The number of aromatic nitrogens is 1. The summed E-state index contributed by atoms with van der Waals surface area (Å²) in [7, 11) is 0. The summed E-state index contributed by atoms with van der Waals surface area (Å²) < 4.78 is 0. The number of nitrogens with one attached hydrogen (secondary N) is 3. The van der Waals surface area contributed by atoms with E-state index in [4.69, 9.17) is 0 Å². The van der Waals surface area contributed by atoms with E-state index in [1.165, 1.54) is 17.8 Å². The van der Waals surface area contributed by atoms with Gasteiger partial charge in [0.05, 0.1) is 4.88 Å². The molecule has 1 aliphatic heterocycles. The predicted molar refractivity (Wildman–Crippen MR) is 135 cm³/mol. The molecule has 0 saturated carbocycles. The number of rotatable bonds is 9. The van der Waals surface area contributed by atoms with Crippen LogP contribution in [0.5, 0.6) is 0 Å². The van der Waals surface area contributed by atoms with Crippen LogP contribution in [0.2, 0.25) is 0 Å². The molecule has 0 bridgehead atoms. The number of carbonyl (C=O) groups is 2. The third-order valence-electron chi connectivity index (χ3n) is 6.36. The molecule has 2 amide bonds. The summed E-state index contributed by atoms with van der Waals surface area (Å²) in [4.78, 5) is 32.2. The van der Waals surface area contributed by atoms with Gasteiger partial charge >= 0.3 is 0 Å². The minimum atomic E-state index is -0.631. The summed E-state index contributed by atoms with van der Waals surface area (Å²) in [5, 5.41) is 8.97. The fourth-order valence-electron chi connectivity index (χ4n) is 4.98. The Hall–Kier alpha value is -2.64. The Morgan fingerprint density at radius 3 is 2.70 bits per heavy atom. The van der Waals surface area contributed by atoms with Gasteiger partial charge in [0.2, 0.25) is 5.91 Å². The van der Waals surface area contributed by atoms with Crippen molar-refractivity contribution in [2.24, 2.45) is 11.8 Å². The van der Waals surface area contributed by atoms with Crippen LogP contribution in [0.4, 0.5) is 0 Å². The maximum Gasteiger partial charge on any atom is 0.262 e. The number of H-pyrrole nitrogens is 1. The molecule has 1 saturated heterocycles. The van der Waals surface area contributed by atoms with Crippen LogP contribution in [0.25, 0.3) is 10.9 Å². The van der Waals surface area contributed by atoms with Crippen LogP contribution in [0.15, 0.2) is 48.0 Å². The molecule has 1 aromatic carbocycles. The standard InChI is InChI=1S/C26H34N4O2S/c1-18-13-19(2)17-30(16-18)11-6-10-27-25(31)23(29-26(32)24-9-5-12-33-24)14-20-15-28-22-8-4-3-7-21(20)22/h3-5,7-9,12,15,18-19,23,28H,6,10-11,13-14,16-17H2,1-2H3,(H,27,31)(H,29,32). The monoisotopic (exact) mass is 466 g/mol. The number of thiophene rings is 1. The van der Waals surface area contributed by atoms with Crippen molar-refractivity contribution < 1.29 is 9.59 Å². The molecule has 0 radical (unpaired) electrons. The summed E-state index contributed by atoms with van der Waals surface area (Å²) in [5.41, 5.74) is 2.05. The first-order valence-electron chi connectivity index (χ1n) is 11.9. The fourth-order valence-corrected chi connectivity index (χ4v) is 5.61. The molecule has 3 atom stereocenters. The largest absolute Gasteiger partial charge is 0.361 e. The van der Waals surface area contributed by atoms with Crippen molar-refractivity contribution in [3.8, 4) is 0 Å². The highest BCUT2D eigenvalue weighted by Gasteiger charge is 2.24. The number of carbonyl (C=O) groups excluding carboxylic acids is 2. The number of hydrogen-bond donors (Lipinski definition) is 3. The van der Waals surface area contributed by atoms with E-state index in [0.717, 1.165) is 54.4 Å². The lowest BCUT2D eigenvalue weighted by Gasteiger charge is -2.35. The number of para-hydroxylation sites is 1. The first-order chi connectivity index (χ1) is 16.0. The van der Waals surface area contributed by atoms with Crippen LogP contribution in [-0.4, -0.2) is 53.9 Å². The molecule has 3 heterocycles. The maximum absolute atomic E-state index is 13.1. The summed E-state index contributed by atoms with van der Waals surface area (Å²) in [6, 6.07) is 11.0. The molecule has 3 aromatic rings. The molecule has 1 fully saturated rings. The van der Waals surface area contributed by atoms with Crippen LogP contribution < -0.4 is 10.6 Å². The summed E-state index contributed by atoms with van der Waals surface area (Å²) in [6.07, 6.45) is 4.57. The Morgan fingerprint density at radius 2 is 1.94 bits per heavy atom. The molecular formula is C26H34N4O2S. The fraction of sp³-hybridized carbons (Fsp3) is 0.462.